The third-order valence-electron chi connectivity index (χ3n) is 12.8. The quantitative estimate of drug-likeness (QED) is 0.0262. The van der Waals surface area contributed by atoms with Gasteiger partial charge in [-0.1, -0.05) is 256 Å². The van der Waals surface area contributed by atoms with Crippen molar-refractivity contribution < 1.29 is 28.6 Å². The maximum atomic E-state index is 12.8. The van der Waals surface area contributed by atoms with Gasteiger partial charge < -0.3 is 14.2 Å². The predicted molar refractivity (Wildman–Crippen MR) is 289 cm³/mol. The molecule has 0 amide bonds. The van der Waals surface area contributed by atoms with Crippen LogP contribution in [0.2, 0.25) is 0 Å². The summed E-state index contributed by atoms with van der Waals surface area (Å²) in [6.45, 7) is 6.59. The molecule has 1 unspecified atom stereocenters. The minimum atomic E-state index is -0.784. The van der Waals surface area contributed by atoms with Crippen LogP contribution in [0.4, 0.5) is 0 Å². The minimum absolute atomic E-state index is 0.0806. The molecule has 0 aliphatic carbocycles. The van der Waals surface area contributed by atoms with Crippen molar-refractivity contribution in [3.05, 3.63) is 48.6 Å². The molecule has 0 rings (SSSR count). The van der Waals surface area contributed by atoms with Crippen molar-refractivity contribution in [2.24, 2.45) is 0 Å². The maximum absolute atomic E-state index is 12.8. The summed E-state index contributed by atoms with van der Waals surface area (Å²) >= 11 is 0. The first-order valence-electron chi connectivity index (χ1n) is 29.1. The smallest absolute Gasteiger partial charge is 0.306 e. The van der Waals surface area contributed by atoms with Crippen molar-refractivity contribution in [2.45, 2.75) is 309 Å². The molecule has 390 valence electrons. The standard InChI is InChI=1S/C61H110O6/c1-4-7-10-13-16-19-22-25-28-29-30-31-32-34-36-39-42-45-48-51-54-60(63)66-57-58(56-65-59(62)53-50-47-44-41-38-35-27-24-21-18-15-12-9-6-3)67-61(64)55-52-49-46-43-40-37-33-26-23-20-17-14-11-8-5-2/h15,17-18,20,24,26-27,33,58H,4-14,16,19,21-23,25,28-32,34-57H2,1-3H3/b18-15-,20-17-,27-24-,33-26-. The highest BCUT2D eigenvalue weighted by Gasteiger charge is 2.19. The van der Waals surface area contributed by atoms with Crippen molar-refractivity contribution in [1.82, 2.24) is 0 Å². The normalized spacial score (nSPS) is 12.3. The lowest BCUT2D eigenvalue weighted by molar-refractivity contribution is -0.167. The molecular weight excluding hydrogens is 829 g/mol. The van der Waals surface area contributed by atoms with Crippen LogP contribution in [0.15, 0.2) is 48.6 Å². The molecule has 0 radical (unpaired) electrons. The fourth-order valence-corrected chi connectivity index (χ4v) is 8.37. The first kappa shape index (κ1) is 64.4. The van der Waals surface area contributed by atoms with E-state index in [-0.39, 0.29) is 31.1 Å². The highest BCUT2D eigenvalue weighted by molar-refractivity contribution is 5.71. The summed E-state index contributed by atoms with van der Waals surface area (Å²) in [6, 6.07) is 0. The van der Waals surface area contributed by atoms with Crippen LogP contribution >= 0.6 is 0 Å². The number of rotatable bonds is 53. The second-order valence-corrected chi connectivity index (χ2v) is 19.6. The van der Waals surface area contributed by atoms with E-state index in [1.54, 1.807) is 0 Å². The van der Waals surface area contributed by atoms with Gasteiger partial charge in [-0.3, -0.25) is 14.4 Å². The summed E-state index contributed by atoms with van der Waals surface area (Å²) in [5.74, 6) is -0.895. The van der Waals surface area contributed by atoms with E-state index in [0.717, 1.165) is 103 Å². The van der Waals surface area contributed by atoms with E-state index in [4.69, 9.17) is 14.2 Å². The average molecular weight is 940 g/mol. The van der Waals surface area contributed by atoms with E-state index in [1.807, 2.05) is 0 Å². The summed E-state index contributed by atoms with van der Waals surface area (Å²) in [7, 11) is 0. The van der Waals surface area contributed by atoms with E-state index in [0.29, 0.717) is 19.3 Å². The molecule has 0 aromatic rings. The Morgan fingerprint density at radius 3 is 0.896 bits per heavy atom. The molecule has 0 fully saturated rings. The van der Waals surface area contributed by atoms with Gasteiger partial charge in [0.05, 0.1) is 0 Å². The molecule has 67 heavy (non-hydrogen) atoms. The van der Waals surface area contributed by atoms with Crippen LogP contribution in [0, 0.1) is 0 Å². The SMILES string of the molecule is CCCC/C=C\C/C=C\CCCCCCCC(=O)OCC(COC(=O)CCCCCCCCCCCCCCCCCCCCCC)OC(=O)CCCCCCC/C=C\C/C=C\CCCCC. The van der Waals surface area contributed by atoms with Crippen molar-refractivity contribution in [1.29, 1.82) is 0 Å². The number of carbonyl (C=O) groups excluding carboxylic acids is 3. The first-order chi connectivity index (χ1) is 33.0. The van der Waals surface area contributed by atoms with E-state index in [9.17, 15) is 14.4 Å². The summed E-state index contributed by atoms with van der Waals surface area (Å²) < 4.78 is 16.9. The Labute approximate surface area is 416 Å². The third-order valence-corrected chi connectivity index (χ3v) is 12.8. The topological polar surface area (TPSA) is 78.9 Å². The number of ether oxygens (including phenoxy) is 3. The van der Waals surface area contributed by atoms with Gasteiger partial charge in [0.25, 0.3) is 0 Å². The number of allylic oxidation sites excluding steroid dienone is 8. The van der Waals surface area contributed by atoms with Gasteiger partial charge in [0.2, 0.25) is 0 Å². The Morgan fingerprint density at radius 1 is 0.299 bits per heavy atom. The molecule has 6 heteroatoms. The molecule has 0 heterocycles. The molecule has 0 aliphatic heterocycles. The molecule has 0 spiro atoms. The van der Waals surface area contributed by atoms with Crippen molar-refractivity contribution >= 4 is 17.9 Å². The summed E-state index contributed by atoms with van der Waals surface area (Å²) in [5, 5.41) is 0. The van der Waals surface area contributed by atoms with Gasteiger partial charge in [0, 0.05) is 19.3 Å². The molecule has 6 nitrogen and oxygen atoms in total. The molecule has 0 aliphatic rings. The van der Waals surface area contributed by atoms with Crippen LogP contribution in [0.5, 0.6) is 0 Å². The highest BCUT2D eigenvalue weighted by atomic mass is 16.6. The van der Waals surface area contributed by atoms with Gasteiger partial charge in [0.15, 0.2) is 6.10 Å². The Hall–Kier alpha value is -2.63. The van der Waals surface area contributed by atoms with E-state index < -0.39 is 6.10 Å². The van der Waals surface area contributed by atoms with E-state index in [1.165, 1.54) is 161 Å². The number of unbranched alkanes of at least 4 members (excludes halogenated alkanes) is 34. The molecule has 0 saturated carbocycles. The van der Waals surface area contributed by atoms with Gasteiger partial charge in [-0.15, -0.1) is 0 Å². The Bertz CT molecular complexity index is 1170. The molecular formula is C61H110O6. The number of hydrogen-bond acceptors (Lipinski definition) is 6. The molecule has 0 N–H and O–H groups in total. The van der Waals surface area contributed by atoms with E-state index in [2.05, 4.69) is 69.4 Å². The van der Waals surface area contributed by atoms with Crippen LogP contribution < -0.4 is 0 Å². The number of carbonyl (C=O) groups is 3. The molecule has 0 bridgehead atoms. The predicted octanol–water partition coefficient (Wildman–Crippen LogP) is 19.4. The van der Waals surface area contributed by atoms with Crippen LogP contribution in [-0.4, -0.2) is 37.2 Å². The zero-order valence-corrected chi connectivity index (χ0v) is 44.7. The van der Waals surface area contributed by atoms with Gasteiger partial charge in [-0.25, -0.2) is 0 Å². The number of hydrogen-bond donors (Lipinski definition) is 0. The van der Waals surface area contributed by atoms with Gasteiger partial charge in [-0.05, 0) is 77.0 Å². The lowest BCUT2D eigenvalue weighted by Crippen LogP contribution is -2.30. The zero-order chi connectivity index (χ0) is 48.6. The van der Waals surface area contributed by atoms with E-state index >= 15 is 0 Å². The lowest BCUT2D eigenvalue weighted by Gasteiger charge is -2.18. The minimum Gasteiger partial charge on any atom is -0.462 e. The van der Waals surface area contributed by atoms with Crippen molar-refractivity contribution in [3.63, 3.8) is 0 Å². The van der Waals surface area contributed by atoms with Gasteiger partial charge in [-0.2, -0.15) is 0 Å². The zero-order valence-electron chi connectivity index (χ0n) is 44.7. The largest absolute Gasteiger partial charge is 0.462 e. The van der Waals surface area contributed by atoms with Crippen LogP contribution in [0.1, 0.15) is 303 Å². The molecule has 0 aromatic carbocycles. The summed E-state index contributed by atoms with van der Waals surface area (Å²) in [6.07, 6.45) is 68.2. The van der Waals surface area contributed by atoms with Crippen molar-refractivity contribution in [3.8, 4) is 0 Å². The fraction of sp³-hybridized carbons (Fsp3) is 0.820. The summed E-state index contributed by atoms with van der Waals surface area (Å²) in [4.78, 5) is 38.1. The Kier molecular flexibility index (Phi) is 53.8. The fourth-order valence-electron chi connectivity index (χ4n) is 8.37. The third kappa shape index (κ3) is 54.2. The monoisotopic (exact) mass is 939 g/mol. The molecule has 0 aromatic heterocycles. The highest BCUT2D eigenvalue weighted by Crippen LogP contribution is 2.16. The summed E-state index contributed by atoms with van der Waals surface area (Å²) in [5.41, 5.74) is 0. The maximum Gasteiger partial charge on any atom is 0.306 e. The number of esters is 3. The van der Waals surface area contributed by atoms with Gasteiger partial charge in [0.1, 0.15) is 13.2 Å². The second kappa shape index (κ2) is 56.0. The average Bonchev–Trinajstić information content (AvgIpc) is 3.33. The first-order valence-corrected chi connectivity index (χ1v) is 29.1. The Balaban J connectivity index is 4.34. The van der Waals surface area contributed by atoms with Crippen LogP contribution in [0.25, 0.3) is 0 Å². The van der Waals surface area contributed by atoms with Crippen LogP contribution in [0.3, 0.4) is 0 Å². The Morgan fingerprint density at radius 2 is 0.552 bits per heavy atom. The van der Waals surface area contributed by atoms with Gasteiger partial charge >= 0.3 is 17.9 Å². The lowest BCUT2D eigenvalue weighted by atomic mass is 10.0. The molecule has 0 saturated heterocycles. The van der Waals surface area contributed by atoms with Crippen LogP contribution in [-0.2, 0) is 28.6 Å². The second-order valence-electron chi connectivity index (χ2n) is 19.6. The molecule has 1 atom stereocenters. The van der Waals surface area contributed by atoms with Crippen molar-refractivity contribution in [2.75, 3.05) is 13.2 Å².